The van der Waals surface area contributed by atoms with Crippen LogP contribution in [0.5, 0.6) is 0 Å². The summed E-state index contributed by atoms with van der Waals surface area (Å²) in [5.41, 5.74) is 0.748. The molecule has 0 aliphatic heterocycles. The maximum Gasteiger partial charge on any atom is 0.293 e. The zero-order valence-electron chi connectivity index (χ0n) is 8.79. The molecule has 0 heterocycles. The van der Waals surface area contributed by atoms with Gasteiger partial charge in [-0.15, -0.1) is 0 Å². The molecule has 0 saturated heterocycles. The first-order valence-electron chi connectivity index (χ1n) is 4.55. The van der Waals surface area contributed by atoms with E-state index >= 15 is 0 Å². The summed E-state index contributed by atoms with van der Waals surface area (Å²) >= 11 is 0. The molecule has 86 valence electrons. The van der Waals surface area contributed by atoms with Gasteiger partial charge in [0, 0.05) is 6.26 Å². The Balaban J connectivity index is 3.02. The summed E-state index contributed by atoms with van der Waals surface area (Å²) in [6.07, 6.45) is 2.56. The molecule has 1 rings (SSSR count). The highest BCUT2D eigenvalue weighted by Gasteiger charge is 2.11. The molecule has 0 bridgehead atoms. The maximum absolute atomic E-state index is 11.4. The van der Waals surface area contributed by atoms with Crippen LogP contribution in [0.15, 0.2) is 35.2 Å². The van der Waals surface area contributed by atoms with Crippen molar-refractivity contribution in [1.82, 2.24) is 0 Å². The van der Waals surface area contributed by atoms with E-state index in [9.17, 15) is 13.2 Å². The summed E-state index contributed by atoms with van der Waals surface area (Å²) in [6, 6.07) is 8.97. The Hall–Kier alpha value is -1.62. The predicted molar refractivity (Wildman–Crippen MR) is 61.3 cm³/mol. The lowest BCUT2D eigenvalue weighted by Crippen LogP contribution is -2.07. The molecule has 0 N–H and O–H groups in total. The van der Waals surface area contributed by atoms with E-state index in [0.717, 1.165) is 11.8 Å². The van der Waals surface area contributed by atoms with E-state index in [1.807, 2.05) is 6.07 Å². The number of sulfone groups is 1. The van der Waals surface area contributed by atoms with Crippen molar-refractivity contribution in [3.8, 4) is 0 Å². The number of ether oxygens (including phenoxy) is 1. The zero-order chi connectivity index (χ0) is 12.0. The fourth-order valence-corrected chi connectivity index (χ4v) is 1.74. The molecular weight excluding hydrogens is 228 g/mol. The fraction of sp³-hybridized carbons (Fsp3) is 0.182. The molecule has 0 spiro atoms. The van der Waals surface area contributed by atoms with E-state index in [-0.39, 0.29) is 18.0 Å². The summed E-state index contributed by atoms with van der Waals surface area (Å²) < 4.78 is 27.2. The van der Waals surface area contributed by atoms with Crippen LogP contribution in [0.4, 0.5) is 0 Å². The monoisotopic (exact) mass is 240 g/mol. The Morgan fingerprint density at radius 2 is 1.94 bits per heavy atom. The molecule has 0 saturated carbocycles. The van der Waals surface area contributed by atoms with Crippen LogP contribution in [0.2, 0.25) is 0 Å². The lowest BCUT2D eigenvalue weighted by molar-refractivity contribution is -0.127. The van der Waals surface area contributed by atoms with Gasteiger partial charge >= 0.3 is 0 Å². The Kier molecular flexibility index (Phi) is 4.25. The van der Waals surface area contributed by atoms with Crippen molar-refractivity contribution in [2.45, 2.75) is 0 Å². The first-order valence-corrected chi connectivity index (χ1v) is 6.44. The quantitative estimate of drug-likeness (QED) is 0.727. The molecule has 0 amide bonds. The highest BCUT2D eigenvalue weighted by atomic mass is 32.2. The molecule has 0 radical (unpaired) electrons. The van der Waals surface area contributed by atoms with Gasteiger partial charge in [-0.3, -0.25) is 4.79 Å². The van der Waals surface area contributed by atoms with Gasteiger partial charge in [0.05, 0.1) is 4.91 Å². The van der Waals surface area contributed by atoms with Crippen molar-refractivity contribution in [3.05, 3.63) is 40.8 Å². The minimum atomic E-state index is -3.36. The highest BCUT2D eigenvalue weighted by molar-refractivity contribution is 7.94. The van der Waals surface area contributed by atoms with Crippen LogP contribution in [0.25, 0.3) is 6.08 Å². The molecule has 0 aliphatic rings. The van der Waals surface area contributed by atoms with Crippen LogP contribution in [-0.4, -0.2) is 27.8 Å². The molecular formula is C11H12O4S. The molecule has 1 aromatic carbocycles. The molecule has 0 aromatic heterocycles. The average Bonchev–Trinajstić information content (AvgIpc) is 2.24. The highest BCUT2D eigenvalue weighted by Crippen LogP contribution is 2.11. The van der Waals surface area contributed by atoms with E-state index in [0.29, 0.717) is 0 Å². The minimum Gasteiger partial charge on any atom is -0.462 e. The van der Waals surface area contributed by atoms with Crippen LogP contribution in [-0.2, 0) is 19.4 Å². The number of carbonyl (C=O) groups excluding carboxylic acids is 1. The summed E-state index contributed by atoms with van der Waals surface area (Å²) in [5.74, 6) is 0. The van der Waals surface area contributed by atoms with Crippen LogP contribution in [0, 0.1) is 0 Å². The lowest BCUT2D eigenvalue weighted by Gasteiger charge is -2.03. The van der Waals surface area contributed by atoms with Crippen LogP contribution < -0.4 is 0 Å². The average molecular weight is 240 g/mol. The third-order valence-electron chi connectivity index (χ3n) is 1.90. The topological polar surface area (TPSA) is 60.4 Å². The van der Waals surface area contributed by atoms with Gasteiger partial charge in [0.1, 0.15) is 6.61 Å². The second-order valence-electron chi connectivity index (χ2n) is 3.20. The number of hydrogen-bond donors (Lipinski definition) is 0. The molecule has 0 unspecified atom stereocenters. The third-order valence-corrected chi connectivity index (χ3v) is 3.09. The van der Waals surface area contributed by atoms with E-state index in [4.69, 9.17) is 0 Å². The normalized spacial score (nSPS) is 12.2. The Morgan fingerprint density at radius 1 is 1.31 bits per heavy atom. The van der Waals surface area contributed by atoms with Gasteiger partial charge in [-0.1, -0.05) is 30.3 Å². The van der Waals surface area contributed by atoms with Crippen LogP contribution >= 0.6 is 0 Å². The fourth-order valence-electron chi connectivity index (χ4n) is 1.11. The minimum absolute atomic E-state index is 0.0748. The summed E-state index contributed by atoms with van der Waals surface area (Å²) in [7, 11) is -3.36. The summed E-state index contributed by atoms with van der Waals surface area (Å²) in [4.78, 5) is 10.1. The molecule has 0 aliphatic carbocycles. The van der Waals surface area contributed by atoms with Gasteiger partial charge in [0.15, 0.2) is 9.84 Å². The number of benzene rings is 1. The first kappa shape index (κ1) is 12.4. The SMILES string of the molecule is CS(=O)(=O)C(=Cc1ccccc1)COC=O. The van der Waals surface area contributed by atoms with Gasteiger partial charge in [-0.25, -0.2) is 8.42 Å². The second kappa shape index (κ2) is 5.46. The van der Waals surface area contributed by atoms with Crippen molar-refractivity contribution in [1.29, 1.82) is 0 Å². The van der Waals surface area contributed by atoms with E-state index in [1.54, 1.807) is 24.3 Å². The molecule has 16 heavy (non-hydrogen) atoms. The molecule has 0 atom stereocenters. The maximum atomic E-state index is 11.4. The van der Waals surface area contributed by atoms with Crippen molar-refractivity contribution in [3.63, 3.8) is 0 Å². The number of hydrogen-bond acceptors (Lipinski definition) is 4. The van der Waals surface area contributed by atoms with E-state index in [2.05, 4.69) is 4.74 Å². The van der Waals surface area contributed by atoms with Gasteiger partial charge in [-0.05, 0) is 11.6 Å². The number of carbonyl (C=O) groups is 1. The number of rotatable bonds is 5. The van der Waals surface area contributed by atoms with Gasteiger partial charge in [-0.2, -0.15) is 0 Å². The van der Waals surface area contributed by atoms with Gasteiger partial charge in [0.2, 0.25) is 0 Å². The van der Waals surface area contributed by atoms with E-state index in [1.165, 1.54) is 6.08 Å². The Labute approximate surface area is 94.5 Å². The predicted octanol–water partition coefficient (Wildman–Crippen LogP) is 1.25. The Morgan fingerprint density at radius 3 is 2.44 bits per heavy atom. The molecule has 5 heteroatoms. The van der Waals surface area contributed by atoms with E-state index < -0.39 is 9.84 Å². The second-order valence-corrected chi connectivity index (χ2v) is 5.27. The van der Waals surface area contributed by atoms with Gasteiger partial charge in [0.25, 0.3) is 6.47 Å². The van der Waals surface area contributed by atoms with Gasteiger partial charge < -0.3 is 4.74 Å². The van der Waals surface area contributed by atoms with Crippen LogP contribution in [0.1, 0.15) is 5.56 Å². The molecule has 0 fully saturated rings. The smallest absolute Gasteiger partial charge is 0.293 e. The molecule has 1 aromatic rings. The first-order chi connectivity index (χ1) is 7.54. The van der Waals surface area contributed by atoms with Crippen molar-refractivity contribution >= 4 is 22.4 Å². The van der Waals surface area contributed by atoms with Crippen LogP contribution in [0.3, 0.4) is 0 Å². The summed E-state index contributed by atoms with van der Waals surface area (Å²) in [6.45, 7) is -0.0127. The standard InChI is InChI=1S/C11H12O4S/c1-16(13,14)11(8-15-9-12)7-10-5-3-2-4-6-10/h2-7,9H,8H2,1H3. The lowest BCUT2D eigenvalue weighted by atomic mass is 10.2. The zero-order valence-corrected chi connectivity index (χ0v) is 9.61. The largest absolute Gasteiger partial charge is 0.462 e. The van der Waals surface area contributed by atoms with Crippen molar-refractivity contribution in [2.75, 3.05) is 12.9 Å². The summed E-state index contributed by atoms with van der Waals surface area (Å²) in [5, 5.41) is 0. The molecule has 4 nitrogen and oxygen atoms in total. The Bertz CT molecular complexity index is 474. The van der Waals surface area contributed by atoms with Crippen molar-refractivity contribution in [2.24, 2.45) is 0 Å². The third kappa shape index (κ3) is 3.86. The van der Waals surface area contributed by atoms with Crippen molar-refractivity contribution < 1.29 is 17.9 Å².